The highest BCUT2D eigenvalue weighted by Gasteiger charge is 2.40. The fourth-order valence-corrected chi connectivity index (χ4v) is 4.44. The molecule has 1 unspecified atom stereocenters. The van der Waals surface area contributed by atoms with Crippen LogP contribution in [0.1, 0.15) is 34.8 Å². The number of amides is 2. The molecule has 1 fully saturated rings. The van der Waals surface area contributed by atoms with Gasteiger partial charge in [0.1, 0.15) is 13.2 Å². The maximum absolute atomic E-state index is 12.8. The summed E-state index contributed by atoms with van der Waals surface area (Å²) in [6.07, 6.45) is -3.25. The third-order valence-electron chi connectivity index (χ3n) is 6.70. The molecule has 1 heterocycles. The number of β-amino-alcohol motifs (C(OH)–C–C–N with tert-alkyl or cyclic N) is 1. The van der Waals surface area contributed by atoms with E-state index < -0.39 is 40.3 Å². The minimum Gasteiger partial charge on any atom is -0.445 e. The van der Waals surface area contributed by atoms with Crippen molar-refractivity contribution in [3.05, 3.63) is 115 Å². The van der Waals surface area contributed by atoms with Gasteiger partial charge in [-0.05, 0) is 52.9 Å². The van der Waals surface area contributed by atoms with Crippen molar-refractivity contribution < 1.29 is 39.1 Å². The van der Waals surface area contributed by atoms with Gasteiger partial charge in [-0.15, -0.1) is 0 Å². The van der Waals surface area contributed by atoms with Crippen molar-refractivity contribution in [1.29, 1.82) is 0 Å². The molecule has 220 valence electrons. The second kappa shape index (κ2) is 13.5. The minimum absolute atomic E-state index is 0.0230. The number of nitro groups is 2. The van der Waals surface area contributed by atoms with Gasteiger partial charge in [-0.3, -0.25) is 25.1 Å². The van der Waals surface area contributed by atoms with Crippen LogP contribution in [0.25, 0.3) is 0 Å². The van der Waals surface area contributed by atoms with Crippen LogP contribution in [-0.4, -0.2) is 55.8 Å². The van der Waals surface area contributed by atoms with Gasteiger partial charge in [-0.25, -0.2) is 9.59 Å². The zero-order valence-corrected chi connectivity index (χ0v) is 22.2. The Morgan fingerprint density at radius 2 is 1.36 bits per heavy atom. The molecule has 1 aliphatic rings. The lowest BCUT2D eigenvalue weighted by Crippen LogP contribution is -2.39. The number of nitrogens with one attached hydrogen (secondary N) is 1. The topological polar surface area (TPSA) is 195 Å². The van der Waals surface area contributed by atoms with Crippen LogP contribution >= 0.6 is 0 Å². The van der Waals surface area contributed by atoms with Crippen molar-refractivity contribution in [1.82, 2.24) is 10.2 Å². The molecular weight excluding hydrogens is 552 g/mol. The lowest BCUT2D eigenvalue weighted by molar-refractivity contribution is -0.385. The van der Waals surface area contributed by atoms with Gasteiger partial charge in [-0.2, -0.15) is 0 Å². The van der Waals surface area contributed by atoms with Crippen LogP contribution in [0.4, 0.5) is 21.0 Å². The lowest BCUT2D eigenvalue weighted by Gasteiger charge is -2.28. The molecule has 42 heavy (non-hydrogen) atoms. The fraction of sp³-hybridized carbons (Fsp3) is 0.286. The van der Waals surface area contributed by atoms with Crippen LogP contribution in [0.3, 0.4) is 0 Å². The van der Waals surface area contributed by atoms with E-state index in [9.17, 15) is 40.0 Å². The summed E-state index contributed by atoms with van der Waals surface area (Å²) in [4.78, 5) is 46.5. The van der Waals surface area contributed by atoms with Crippen molar-refractivity contribution in [3.63, 3.8) is 0 Å². The third-order valence-corrected chi connectivity index (χ3v) is 6.70. The van der Waals surface area contributed by atoms with Crippen LogP contribution in [0.5, 0.6) is 0 Å². The molecule has 4 rings (SSSR count). The average Bonchev–Trinajstić information content (AvgIpc) is 3.39. The minimum atomic E-state index is -1.12. The standard InChI is InChI=1S/C28H28N4O10/c33-24-13-25(30(15-24)28(36)42-17-20-5-11-23(12-6-20)32(39)40)26(34)21-7-1-18(2-8-21)14-29-27(35)41-16-19-3-9-22(10-4-19)31(37)38/h1-12,24-26,33-34H,13-17H2,(H,29,35)/t24-,25+,26?/m1/s1. The number of carbonyl (C=O) groups excluding carboxylic acids is 2. The number of nitro benzene ring substituents is 2. The first-order valence-corrected chi connectivity index (χ1v) is 12.9. The summed E-state index contributed by atoms with van der Waals surface area (Å²) in [5.74, 6) is 0. The van der Waals surface area contributed by atoms with E-state index in [2.05, 4.69) is 5.32 Å². The lowest BCUT2D eigenvalue weighted by atomic mass is 9.99. The van der Waals surface area contributed by atoms with E-state index in [0.29, 0.717) is 22.3 Å². The van der Waals surface area contributed by atoms with E-state index in [1.807, 2.05) is 0 Å². The molecule has 1 aliphatic heterocycles. The Hall–Kier alpha value is -5.08. The molecule has 2 amide bonds. The van der Waals surface area contributed by atoms with Gasteiger partial charge >= 0.3 is 12.2 Å². The van der Waals surface area contributed by atoms with Crippen LogP contribution in [-0.2, 0) is 29.2 Å². The van der Waals surface area contributed by atoms with E-state index in [4.69, 9.17) is 9.47 Å². The number of non-ortho nitro benzene ring substituents is 2. The highest BCUT2D eigenvalue weighted by molar-refractivity contribution is 5.69. The van der Waals surface area contributed by atoms with Crippen LogP contribution in [0, 0.1) is 20.2 Å². The van der Waals surface area contributed by atoms with Crippen LogP contribution < -0.4 is 5.32 Å². The normalized spacial score (nSPS) is 16.9. The number of ether oxygens (including phenoxy) is 2. The van der Waals surface area contributed by atoms with Crippen LogP contribution in [0.2, 0.25) is 0 Å². The van der Waals surface area contributed by atoms with E-state index >= 15 is 0 Å². The molecule has 1 saturated heterocycles. The molecule has 0 spiro atoms. The summed E-state index contributed by atoms with van der Waals surface area (Å²) < 4.78 is 10.5. The van der Waals surface area contributed by atoms with Crippen molar-refractivity contribution >= 4 is 23.6 Å². The summed E-state index contributed by atoms with van der Waals surface area (Å²) in [5, 5.41) is 45.3. The second-order valence-corrected chi connectivity index (χ2v) is 9.63. The molecule has 3 aromatic carbocycles. The summed E-state index contributed by atoms with van der Waals surface area (Å²) in [5.41, 5.74) is 2.20. The zero-order valence-electron chi connectivity index (χ0n) is 22.2. The zero-order chi connectivity index (χ0) is 30.2. The Morgan fingerprint density at radius 3 is 1.88 bits per heavy atom. The molecule has 0 aromatic heterocycles. The number of aliphatic hydroxyl groups excluding tert-OH is 2. The van der Waals surface area contributed by atoms with Crippen molar-refractivity contribution in [2.24, 2.45) is 0 Å². The monoisotopic (exact) mass is 580 g/mol. The molecule has 0 bridgehead atoms. The summed E-state index contributed by atoms with van der Waals surface area (Å²) in [6, 6.07) is 17.1. The van der Waals surface area contributed by atoms with Crippen molar-refractivity contribution in [3.8, 4) is 0 Å². The fourth-order valence-electron chi connectivity index (χ4n) is 4.44. The van der Waals surface area contributed by atoms with Gasteiger partial charge < -0.3 is 25.0 Å². The molecule has 0 aliphatic carbocycles. The first-order valence-electron chi connectivity index (χ1n) is 12.9. The highest BCUT2D eigenvalue weighted by atomic mass is 16.6. The van der Waals surface area contributed by atoms with Gasteiger partial charge in [0.05, 0.1) is 34.6 Å². The number of likely N-dealkylation sites (tertiary alicyclic amines) is 1. The number of hydrogen-bond acceptors (Lipinski definition) is 10. The average molecular weight is 581 g/mol. The largest absolute Gasteiger partial charge is 0.445 e. The molecule has 0 radical (unpaired) electrons. The quantitative estimate of drug-likeness (QED) is 0.235. The predicted octanol–water partition coefficient (Wildman–Crippen LogP) is 3.73. The molecule has 0 saturated carbocycles. The Labute approximate surface area is 239 Å². The Kier molecular flexibility index (Phi) is 9.62. The molecule has 14 heteroatoms. The number of rotatable bonds is 10. The molecule has 3 atom stereocenters. The smallest absolute Gasteiger partial charge is 0.410 e. The summed E-state index contributed by atoms with van der Waals surface area (Å²) >= 11 is 0. The van der Waals surface area contributed by atoms with E-state index in [1.165, 1.54) is 53.4 Å². The predicted molar refractivity (Wildman–Crippen MR) is 146 cm³/mol. The van der Waals surface area contributed by atoms with Gasteiger partial charge in [0.15, 0.2) is 0 Å². The SMILES string of the molecule is O=C(NCc1ccc(C(O)[C@@H]2C[C@@H](O)CN2C(=O)OCc2ccc([N+](=O)[O-])cc2)cc1)OCc1ccc([N+](=O)[O-])cc1. The Morgan fingerprint density at radius 1 is 0.857 bits per heavy atom. The highest BCUT2D eigenvalue weighted by Crippen LogP contribution is 2.30. The summed E-state index contributed by atoms with van der Waals surface area (Å²) in [7, 11) is 0. The molecule has 14 nitrogen and oxygen atoms in total. The summed E-state index contributed by atoms with van der Waals surface area (Å²) in [6.45, 7) is -0.0806. The van der Waals surface area contributed by atoms with E-state index in [-0.39, 0.29) is 44.1 Å². The number of hydrogen-bond donors (Lipinski definition) is 3. The van der Waals surface area contributed by atoms with Crippen molar-refractivity contribution in [2.75, 3.05) is 6.54 Å². The number of benzene rings is 3. The van der Waals surface area contributed by atoms with E-state index in [0.717, 1.165) is 0 Å². The third kappa shape index (κ3) is 7.77. The number of nitrogens with zero attached hydrogens (tertiary/aromatic N) is 3. The van der Waals surface area contributed by atoms with Crippen LogP contribution in [0.15, 0.2) is 72.8 Å². The Bertz CT molecular complexity index is 1410. The molecule has 3 N–H and O–H groups in total. The van der Waals surface area contributed by atoms with E-state index in [1.54, 1.807) is 24.3 Å². The first kappa shape index (κ1) is 29.9. The number of carbonyl (C=O) groups is 2. The molecular formula is C28H28N4O10. The van der Waals surface area contributed by atoms with Crippen molar-refractivity contribution in [2.45, 2.75) is 44.4 Å². The van der Waals surface area contributed by atoms with Gasteiger partial charge in [0.2, 0.25) is 0 Å². The maximum Gasteiger partial charge on any atom is 0.410 e. The van der Waals surface area contributed by atoms with Gasteiger partial charge in [0, 0.05) is 30.8 Å². The Balaban J connectivity index is 1.27. The second-order valence-electron chi connectivity index (χ2n) is 9.63. The number of alkyl carbamates (subject to hydrolysis) is 1. The first-order chi connectivity index (χ1) is 20.1. The van der Waals surface area contributed by atoms with Gasteiger partial charge in [0.25, 0.3) is 11.4 Å². The number of aliphatic hydroxyl groups is 2. The maximum atomic E-state index is 12.8. The van der Waals surface area contributed by atoms with Gasteiger partial charge in [-0.1, -0.05) is 24.3 Å². The molecule has 3 aromatic rings.